The number of nitrogen functional groups attached to an aromatic ring is 1. The fraction of sp³-hybridized carbons (Fsp3) is 0.200. The molecule has 0 bridgehead atoms. The van der Waals surface area contributed by atoms with E-state index in [1.165, 1.54) is 13.1 Å². The highest BCUT2D eigenvalue weighted by atomic mass is 32.2. The second-order valence-corrected chi connectivity index (χ2v) is 6.63. The van der Waals surface area contributed by atoms with E-state index >= 15 is 0 Å². The van der Waals surface area contributed by atoms with E-state index < -0.39 is 10.0 Å². The van der Waals surface area contributed by atoms with E-state index in [2.05, 4.69) is 4.72 Å². The predicted molar refractivity (Wildman–Crippen MR) is 85.6 cm³/mol. The van der Waals surface area contributed by atoms with Gasteiger partial charge in [-0.3, -0.25) is 0 Å². The van der Waals surface area contributed by atoms with E-state index in [0.29, 0.717) is 17.9 Å². The lowest BCUT2D eigenvalue weighted by Crippen LogP contribution is -2.24. The van der Waals surface area contributed by atoms with Crippen molar-refractivity contribution in [1.29, 1.82) is 0 Å². The lowest BCUT2D eigenvalue weighted by molar-refractivity contribution is 0.588. The molecule has 0 spiro atoms. The maximum atomic E-state index is 12.1. The summed E-state index contributed by atoms with van der Waals surface area (Å²) in [7, 11) is -0.318. The molecule has 21 heavy (non-hydrogen) atoms. The molecule has 6 heteroatoms. The molecule has 5 nitrogen and oxygen atoms in total. The summed E-state index contributed by atoms with van der Waals surface area (Å²) in [5, 5.41) is 0. The minimum Gasteiger partial charge on any atom is -0.399 e. The number of benzene rings is 2. The standard InChI is InChI=1S/C15H19N3O2S/c1-17-21(19,20)15-10-13(16)8-9-14(15)18(2)11-12-6-4-3-5-7-12/h3-10,17H,11,16H2,1-2H3. The maximum Gasteiger partial charge on any atom is 0.242 e. The van der Waals surface area contributed by atoms with Gasteiger partial charge in [0.15, 0.2) is 0 Å². The first-order valence-corrected chi connectivity index (χ1v) is 8.00. The Morgan fingerprint density at radius 2 is 1.81 bits per heavy atom. The zero-order valence-electron chi connectivity index (χ0n) is 12.1. The number of anilines is 2. The van der Waals surface area contributed by atoms with Gasteiger partial charge in [-0.1, -0.05) is 30.3 Å². The largest absolute Gasteiger partial charge is 0.399 e. The number of nitrogens with zero attached hydrogens (tertiary/aromatic N) is 1. The Labute approximate surface area is 125 Å². The molecule has 0 aliphatic heterocycles. The highest BCUT2D eigenvalue weighted by Crippen LogP contribution is 2.27. The molecule has 0 fully saturated rings. The third kappa shape index (κ3) is 3.53. The SMILES string of the molecule is CNS(=O)(=O)c1cc(N)ccc1N(C)Cc1ccccc1. The molecule has 0 amide bonds. The Morgan fingerprint density at radius 3 is 2.43 bits per heavy atom. The van der Waals surface area contributed by atoms with Gasteiger partial charge in [-0.05, 0) is 30.8 Å². The van der Waals surface area contributed by atoms with Crippen molar-refractivity contribution in [2.75, 3.05) is 24.7 Å². The molecule has 2 rings (SSSR count). The van der Waals surface area contributed by atoms with Crippen LogP contribution in [-0.2, 0) is 16.6 Å². The van der Waals surface area contributed by atoms with Crippen LogP contribution in [0.4, 0.5) is 11.4 Å². The molecule has 0 atom stereocenters. The Kier molecular flexibility index (Phi) is 4.50. The summed E-state index contributed by atoms with van der Waals surface area (Å²) in [6, 6.07) is 14.8. The highest BCUT2D eigenvalue weighted by molar-refractivity contribution is 7.89. The van der Waals surface area contributed by atoms with Crippen molar-refractivity contribution >= 4 is 21.4 Å². The topological polar surface area (TPSA) is 75.4 Å². The Morgan fingerprint density at radius 1 is 1.14 bits per heavy atom. The van der Waals surface area contributed by atoms with Crippen molar-refractivity contribution in [2.45, 2.75) is 11.4 Å². The molecule has 2 aromatic rings. The molecule has 112 valence electrons. The summed E-state index contributed by atoms with van der Waals surface area (Å²) in [4.78, 5) is 2.07. The van der Waals surface area contributed by atoms with Gasteiger partial charge in [-0.15, -0.1) is 0 Å². The van der Waals surface area contributed by atoms with Gasteiger partial charge in [0.05, 0.1) is 5.69 Å². The molecule has 0 saturated carbocycles. The first kappa shape index (κ1) is 15.3. The summed E-state index contributed by atoms with van der Waals surface area (Å²) in [6.45, 7) is 0.608. The summed E-state index contributed by atoms with van der Waals surface area (Å²) >= 11 is 0. The molecule has 3 N–H and O–H groups in total. The first-order chi connectivity index (χ1) is 9.94. The van der Waals surface area contributed by atoms with E-state index in [-0.39, 0.29) is 4.90 Å². The smallest absolute Gasteiger partial charge is 0.242 e. The van der Waals surface area contributed by atoms with Gasteiger partial charge in [-0.25, -0.2) is 13.1 Å². The summed E-state index contributed by atoms with van der Waals surface area (Å²) in [5.74, 6) is 0. The van der Waals surface area contributed by atoms with Crippen LogP contribution in [0.3, 0.4) is 0 Å². The monoisotopic (exact) mass is 305 g/mol. The van der Waals surface area contributed by atoms with Crippen molar-refractivity contribution < 1.29 is 8.42 Å². The van der Waals surface area contributed by atoms with Crippen LogP contribution in [0.2, 0.25) is 0 Å². The van der Waals surface area contributed by atoms with Crippen LogP contribution in [0.25, 0.3) is 0 Å². The van der Waals surface area contributed by atoms with Crippen molar-refractivity contribution in [3.05, 3.63) is 54.1 Å². The van der Waals surface area contributed by atoms with E-state index in [1.807, 2.05) is 42.3 Å². The zero-order valence-corrected chi connectivity index (χ0v) is 12.9. The van der Waals surface area contributed by atoms with E-state index in [1.54, 1.807) is 12.1 Å². The van der Waals surface area contributed by atoms with Crippen LogP contribution in [-0.4, -0.2) is 22.5 Å². The number of nitrogens with one attached hydrogen (secondary N) is 1. The van der Waals surface area contributed by atoms with E-state index in [4.69, 9.17) is 5.73 Å². The maximum absolute atomic E-state index is 12.1. The number of rotatable bonds is 5. The fourth-order valence-electron chi connectivity index (χ4n) is 2.11. The Hall–Kier alpha value is -2.05. The van der Waals surface area contributed by atoms with Crippen LogP contribution in [0.5, 0.6) is 0 Å². The zero-order chi connectivity index (χ0) is 15.5. The van der Waals surface area contributed by atoms with Gasteiger partial charge in [0, 0.05) is 19.3 Å². The predicted octanol–water partition coefficient (Wildman–Crippen LogP) is 1.81. The third-order valence-corrected chi connectivity index (χ3v) is 4.66. The second-order valence-electron chi connectivity index (χ2n) is 4.78. The Bertz CT molecular complexity index is 715. The highest BCUT2D eigenvalue weighted by Gasteiger charge is 2.19. The molecular formula is C15H19N3O2S. The normalized spacial score (nSPS) is 11.3. The van der Waals surface area contributed by atoms with E-state index in [0.717, 1.165) is 5.56 Å². The molecule has 0 saturated heterocycles. The molecule has 2 aromatic carbocycles. The molecule has 0 heterocycles. The lowest BCUT2D eigenvalue weighted by Gasteiger charge is -2.22. The van der Waals surface area contributed by atoms with Gasteiger partial charge in [0.25, 0.3) is 0 Å². The number of nitrogens with two attached hydrogens (primary N) is 1. The second kappa shape index (κ2) is 6.15. The van der Waals surface area contributed by atoms with Gasteiger partial charge in [0.1, 0.15) is 4.90 Å². The van der Waals surface area contributed by atoms with Gasteiger partial charge >= 0.3 is 0 Å². The summed E-state index contributed by atoms with van der Waals surface area (Å²) in [5.41, 5.74) is 7.85. The van der Waals surface area contributed by atoms with Gasteiger partial charge in [0.2, 0.25) is 10.0 Å². The molecule has 0 aliphatic carbocycles. The lowest BCUT2D eigenvalue weighted by atomic mass is 10.2. The quantitative estimate of drug-likeness (QED) is 0.826. The Balaban J connectivity index is 2.39. The molecule has 0 unspecified atom stereocenters. The van der Waals surface area contributed by atoms with Gasteiger partial charge in [-0.2, -0.15) is 0 Å². The van der Waals surface area contributed by atoms with Crippen molar-refractivity contribution in [1.82, 2.24) is 4.72 Å². The van der Waals surface area contributed by atoms with Crippen LogP contribution >= 0.6 is 0 Å². The minimum absolute atomic E-state index is 0.184. The van der Waals surface area contributed by atoms with E-state index in [9.17, 15) is 8.42 Å². The summed E-state index contributed by atoms with van der Waals surface area (Å²) < 4.78 is 26.6. The fourth-order valence-corrected chi connectivity index (χ4v) is 3.12. The first-order valence-electron chi connectivity index (χ1n) is 6.52. The van der Waals surface area contributed by atoms with Crippen molar-refractivity contribution in [3.63, 3.8) is 0 Å². The molecule has 0 aromatic heterocycles. The minimum atomic E-state index is -3.56. The molecular weight excluding hydrogens is 286 g/mol. The van der Waals surface area contributed by atoms with Crippen LogP contribution < -0.4 is 15.4 Å². The summed E-state index contributed by atoms with van der Waals surface area (Å²) in [6.07, 6.45) is 0. The van der Waals surface area contributed by atoms with Crippen LogP contribution in [0, 0.1) is 0 Å². The molecule has 0 radical (unpaired) electrons. The van der Waals surface area contributed by atoms with Crippen LogP contribution in [0.15, 0.2) is 53.4 Å². The number of sulfonamides is 1. The number of hydrogen-bond donors (Lipinski definition) is 2. The van der Waals surface area contributed by atoms with Crippen LogP contribution in [0.1, 0.15) is 5.56 Å². The average molecular weight is 305 g/mol. The van der Waals surface area contributed by atoms with Crippen molar-refractivity contribution in [3.8, 4) is 0 Å². The average Bonchev–Trinajstić information content (AvgIpc) is 2.48. The molecule has 0 aliphatic rings. The number of hydrogen-bond acceptors (Lipinski definition) is 4. The third-order valence-electron chi connectivity index (χ3n) is 3.22. The van der Waals surface area contributed by atoms with Gasteiger partial charge < -0.3 is 10.6 Å². The van der Waals surface area contributed by atoms with Crippen molar-refractivity contribution in [2.24, 2.45) is 0 Å².